The largest absolute Gasteiger partial charge is 0.396 e. The second-order valence-corrected chi connectivity index (χ2v) is 5.34. The molecule has 0 aliphatic heterocycles. The molecular formula is C10H17NO4S. The smallest absolute Gasteiger partial charge is 0.264 e. The van der Waals surface area contributed by atoms with E-state index in [1.807, 2.05) is 12.1 Å². The molecular weight excluding hydrogens is 230 g/mol. The monoisotopic (exact) mass is 247 g/mol. The van der Waals surface area contributed by atoms with Gasteiger partial charge in [0.1, 0.15) is 0 Å². The number of aromatic amines is 1. The normalized spacial score (nSPS) is 13.9. The number of H-pyrrole nitrogens is 1. The van der Waals surface area contributed by atoms with E-state index in [-0.39, 0.29) is 18.3 Å². The second-order valence-electron chi connectivity index (χ2n) is 3.76. The Morgan fingerprint density at radius 1 is 1.38 bits per heavy atom. The minimum atomic E-state index is -3.91. The number of aliphatic hydroxyl groups is 1. The van der Waals surface area contributed by atoms with Crippen molar-refractivity contribution in [2.45, 2.75) is 25.2 Å². The first-order valence-corrected chi connectivity index (χ1v) is 6.83. The summed E-state index contributed by atoms with van der Waals surface area (Å²) in [6.07, 6.45) is 3.45. The minimum Gasteiger partial charge on any atom is -0.396 e. The molecule has 1 atom stereocenters. The van der Waals surface area contributed by atoms with Crippen LogP contribution in [0, 0.1) is 0 Å². The maximum absolute atomic E-state index is 10.7. The zero-order valence-electron chi connectivity index (χ0n) is 8.96. The molecule has 16 heavy (non-hydrogen) atoms. The lowest BCUT2D eigenvalue weighted by atomic mass is 9.97. The van der Waals surface area contributed by atoms with E-state index < -0.39 is 10.1 Å². The molecule has 0 saturated carbocycles. The lowest BCUT2D eigenvalue weighted by Gasteiger charge is -2.14. The lowest BCUT2D eigenvalue weighted by molar-refractivity contribution is 0.278. The Labute approximate surface area is 95.3 Å². The quantitative estimate of drug-likeness (QED) is 0.630. The zero-order valence-corrected chi connectivity index (χ0v) is 9.78. The fourth-order valence-corrected chi connectivity index (χ4v) is 2.26. The van der Waals surface area contributed by atoms with Crippen LogP contribution in [0.1, 0.15) is 30.9 Å². The average Bonchev–Trinajstić information content (AvgIpc) is 2.69. The van der Waals surface area contributed by atoms with Crippen LogP contribution in [0.5, 0.6) is 0 Å². The van der Waals surface area contributed by atoms with Gasteiger partial charge in [-0.25, -0.2) is 0 Å². The van der Waals surface area contributed by atoms with Gasteiger partial charge in [0, 0.05) is 24.4 Å². The summed E-state index contributed by atoms with van der Waals surface area (Å²) in [5.74, 6) is -0.216. The maximum atomic E-state index is 10.7. The van der Waals surface area contributed by atoms with Crippen molar-refractivity contribution in [1.29, 1.82) is 0 Å². The van der Waals surface area contributed by atoms with E-state index in [4.69, 9.17) is 9.66 Å². The Morgan fingerprint density at radius 3 is 2.62 bits per heavy atom. The molecule has 0 radical (unpaired) electrons. The Kier molecular flexibility index (Phi) is 4.98. The summed E-state index contributed by atoms with van der Waals surface area (Å²) in [7, 11) is -3.91. The molecule has 1 unspecified atom stereocenters. The molecule has 0 aromatic carbocycles. The second kappa shape index (κ2) is 6.03. The predicted octanol–water partition coefficient (Wildman–Crippen LogP) is 1.15. The third-order valence-corrected chi connectivity index (χ3v) is 3.25. The molecule has 0 amide bonds. The number of hydrogen-bond donors (Lipinski definition) is 3. The first-order chi connectivity index (χ1) is 7.53. The standard InChI is InChI=1S/C10H17NO4S/c12-7-2-3-9(5-8-16(13,14)15)10-4-1-6-11-10/h1,4,6,9,11-12H,2-3,5,7-8H2,(H,13,14,15). The summed E-state index contributed by atoms with van der Waals surface area (Å²) in [6, 6.07) is 3.72. The number of rotatable bonds is 7. The van der Waals surface area contributed by atoms with Crippen LogP contribution >= 0.6 is 0 Å². The molecule has 0 fully saturated rings. The SMILES string of the molecule is O=S(=O)(O)CCC(CCCO)c1ccc[nH]1. The highest BCUT2D eigenvalue weighted by Crippen LogP contribution is 2.23. The summed E-state index contributed by atoms with van der Waals surface area (Å²) in [5.41, 5.74) is 0.942. The summed E-state index contributed by atoms with van der Waals surface area (Å²) in [6.45, 7) is 0.0864. The highest BCUT2D eigenvalue weighted by molar-refractivity contribution is 7.85. The van der Waals surface area contributed by atoms with E-state index in [1.165, 1.54) is 0 Å². The molecule has 0 saturated heterocycles. The summed E-state index contributed by atoms with van der Waals surface area (Å²) < 4.78 is 30.1. The van der Waals surface area contributed by atoms with Crippen LogP contribution in [0.3, 0.4) is 0 Å². The summed E-state index contributed by atoms with van der Waals surface area (Å²) >= 11 is 0. The van der Waals surface area contributed by atoms with E-state index in [2.05, 4.69) is 4.98 Å². The van der Waals surface area contributed by atoms with E-state index in [1.54, 1.807) is 6.20 Å². The van der Waals surface area contributed by atoms with Gasteiger partial charge in [-0.1, -0.05) is 0 Å². The van der Waals surface area contributed by atoms with E-state index >= 15 is 0 Å². The van der Waals surface area contributed by atoms with Gasteiger partial charge in [0.15, 0.2) is 0 Å². The van der Waals surface area contributed by atoms with Gasteiger partial charge in [-0.2, -0.15) is 8.42 Å². The van der Waals surface area contributed by atoms with Crippen LogP contribution in [0.15, 0.2) is 18.3 Å². The van der Waals surface area contributed by atoms with Crippen LogP contribution in [-0.2, 0) is 10.1 Å². The molecule has 1 aromatic heterocycles. The number of nitrogens with one attached hydrogen (secondary N) is 1. The van der Waals surface area contributed by atoms with E-state index in [0.717, 1.165) is 5.69 Å². The van der Waals surface area contributed by atoms with Gasteiger partial charge in [-0.15, -0.1) is 0 Å². The van der Waals surface area contributed by atoms with Gasteiger partial charge in [0.05, 0.1) is 5.75 Å². The van der Waals surface area contributed by atoms with Gasteiger partial charge in [-0.3, -0.25) is 4.55 Å². The number of aromatic nitrogens is 1. The lowest BCUT2D eigenvalue weighted by Crippen LogP contribution is -2.10. The fraction of sp³-hybridized carbons (Fsp3) is 0.600. The third-order valence-electron chi connectivity index (χ3n) is 2.50. The third kappa shape index (κ3) is 4.78. The molecule has 92 valence electrons. The molecule has 6 heteroatoms. The first kappa shape index (κ1) is 13.2. The molecule has 3 N–H and O–H groups in total. The minimum absolute atomic E-state index is 0.0316. The highest BCUT2D eigenvalue weighted by atomic mass is 32.2. The van der Waals surface area contributed by atoms with Crippen LogP contribution in [0.4, 0.5) is 0 Å². The van der Waals surface area contributed by atoms with Crippen molar-refractivity contribution in [3.8, 4) is 0 Å². The summed E-state index contributed by atoms with van der Waals surface area (Å²) in [5, 5.41) is 8.76. The van der Waals surface area contributed by atoms with Gasteiger partial charge in [0.2, 0.25) is 0 Å². The van der Waals surface area contributed by atoms with Crippen LogP contribution in [0.2, 0.25) is 0 Å². The van der Waals surface area contributed by atoms with E-state index in [0.29, 0.717) is 19.3 Å². The molecule has 1 rings (SSSR count). The van der Waals surface area contributed by atoms with Crippen molar-refractivity contribution in [3.63, 3.8) is 0 Å². The molecule has 0 spiro atoms. The zero-order chi connectivity index (χ0) is 12.0. The number of aliphatic hydroxyl groups excluding tert-OH is 1. The van der Waals surface area contributed by atoms with Gasteiger partial charge in [0.25, 0.3) is 10.1 Å². The van der Waals surface area contributed by atoms with Crippen molar-refractivity contribution in [2.24, 2.45) is 0 Å². The van der Waals surface area contributed by atoms with Crippen molar-refractivity contribution < 1.29 is 18.1 Å². The Hall–Kier alpha value is -0.850. The van der Waals surface area contributed by atoms with Crippen LogP contribution in [-0.4, -0.2) is 35.4 Å². The molecule has 0 aliphatic rings. The van der Waals surface area contributed by atoms with E-state index in [9.17, 15) is 8.42 Å². The molecule has 0 bridgehead atoms. The molecule has 1 aromatic rings. The topological polar surface area (TPSA) is 90.4 Å². The van der Waals surface area contributed by atoms with Crippen molar-refractivity contribution >= 4 is 10.1 Å². The Bertz CT molecular complexity index is 385. The Balaban J connectivity index is 2.58. The summed E-state index contributed by atoms with van der Waals surface area (Å²) in [4.78, 5) is 3.02. The fourth-order valence-electron chi connectivity index (χ4n) is 1.68. The molecule has 0 aliphatic carbocycles. The van der Waals surface area contributed by atoms with Crippen molar-refractivity contribution in [3.05, 3.63) is 24.0 Å². The van der Waals surface area contributed by atoms with Crippen LogP contribution in [0.25, 0.3) is 0 Å². The van der Waals surface area contributed by atoms with Gasteiger partial charge in [-0.05, 0) is 31.4 Å². The average molecular weight is 247 g/mol. The number of hydrogen-bond acceptors (Lipinski definition) is 3. The van der Waals surface area contributed by atoms with Gasteiger partial charge >= 0.3 is 0 Å². The van der Waals surface area contributed by atoms with Crippen molar-refractivity contribution in [2.75, 3.05) is 12.4 Å². The van der Waals surface area contributed by atoms with Crippen molar-refractivity contribution in [1.82, 2.24) is 4.98 Å². The maximum Gasteiger partial charge on any atom is 0.264 e. The first-order valence-electron chi connectivity index (χ1n) is 5.22. The highest BCUT2D eigenvalue weighted by Gasteiger charge is 2.15. The van der Waals surface area contributed by atoms with Gasteiger partial charge < -0.3 is 10.1 Å². The molecule has 5 nitrogen and oxygen atoms in total. The predicted molar refractivity (Wildman–Crippen MR) is 60.9 cm³/mol. The van der Waals surface area contributed by atoms with Crippen LogP contribution < -0.4 is 0 Å². The molecule has 1 heterocycles. The Morgan fingerprint density at radius 2 is 2.12 bits per heavy atom.